The van der Waals surface area contributed by atoms with E-state index in [0.717, 1.165) is 5.56 Å². The van der Waals surface area contributed by atoms with Crippen LogP contribution in [0.1, 0.15) is 5.56 Å². The fraction of sp³-hybridized carbons (Fsp3) is 0.0909. The highest BCUT2D eigenvalue weighted by Crippen LogP contribution is 2.15. The van der Waals surface area contributed by atoms with Crippen LogP contribution in [-0.2, 0) is 6.54 Å². The molecule has 0 aliphatic heterocycles. The van der Waals surface area contributed by atoms with Crippen LogP contribution in [-0.4, -0.2) is 0 Å². The average Bonchev–Trinajstić information content (AvgIpc) is 2.17. The molecule has 0 atom stereocenters. The highest BCUT2D eigenvalue weighted by molar-refractivity contribution is 5.82. The van der Waals surface area contributed by atoms with E-state index in [9.17, 15) is 0 Å². The van der Waals surface area contributed by atoms with Crippen LogP contribution in [0.5, 0.6) is 0 Å². The number of hydrogen-bond acceptors (Lipinski definition) is 0. The summed E-state index contributed by atoms with van der Waals surface area (Å²) in [7, 11) is 0. The molecule has 0 radical (unpaired) electrons. The molecular weight excluding hydrogens is 146 g/mol. The van der Waals surface area contributed by atoms with Gasteiger partial charge in [-0.25, -0.2) is 0 Å². The van der Waals surface area contributed by atoms with Gasteiger partial charge in [-0.15, -0.1) is 6.54 Å². The summed E-state index contributed by atoms with van der Waals surface area (Å²) in [6.45, 7) is 0.366. The molecule has 0 aromatic heterocycles. The predicted octanol–water partition coefficient (Wildman–Crippen LogP) is 3.39. The summed E-state index contributed by atoms with van der Waals surface area (Å²) in [4.78, 5) is 0. The fourth-order valence-corrected chi connectivity index (χ4v) is 1.35. The second-order valence-electron chi connectivity index (χ2n) is 2.86. The second kappa shape index (κ2) is 2.95. The van der Waals surface area contributed by atoms with Crippen molar-refractivity contribution in [1.29, 1.82) is 0 Å². The minimum absolute atomic E-state index is 0.366. The molecule has 0 aliphatic carbocycles. The largest absolute Gasteiger partial charge is 0.674 e. The smallest absolute Gasteiger partial charge is 0.0182 e. The van der Waals surface area contributed by atoms with Crippen LogP contribution in [0.2, 0.25) is 0 Å². The van der Waals surface area contributed by atoms with Crippen LogP contribution < -0.4 is 0 Å². The van der Waals surface area contributed by atoms with E-state index in [0.29, 0.717) is 6.54 Å². The summed E-state index contributed by atoms with van der Waals surface area (Å²) in [6.07, 6.45) is 0. The Hall–Kier alpha value is -1.34. The molecule has 0 unspecified atom stereocenters. The van der Waals surface area contributed by atoms with Crippen LogP contribution in [0.4, 0.5) is 0 Å². The Balaban J connectivity index is 2.67. The minimum Gasteiger partial charge on any atom is -0.674 e. The van der Waals surface area contributed by atoms with Crippen LogP contribution in [0, 0.1) is 0 Å². The number of rotatable bonds is 1. The first-order chi connectivity index (χ1) is 5.90. The molecule has 2 rings (SSSR count). The predicted molar refractivity (Wildman–Crippen MR) is 52.0 cm³/mol. The summed E-state index contributed by atoms with van der Waals surface area (Å²) >= 11 is 0. The van der Waals surface area contributed by atoms with Gasteiger partial charge in [0.25, 0.3) is 0 Å². The van der Waals surface area contributed by atoms with Crippen molar-refractivity contribution in [1.82, 2.24) is 0 Å². The van der Waals surface area contributed by atoms with Gasteiger partial charge in [0, 0.05) is 0 Å². The van der Waals surface area contributed by atoms with Crippen molar-refractivity contribution in [3.05, 3.63) is 53.8 Å². The van der Waals surface area contributed by atoms with Gasteiger partial charge in [0.15, 0.2) is 0 Å². The molecule has 2 aromatic rings. The highest BCUT2D eigenvalue weighted by Gasteiger charge is 1.90. The summed E-state index contributed by atoms with van der Waals surface area (Å²) in [5.74, 6) is 0. The maximum Gasteiger partial charge on any atom is -0.0182 e. The van der Waals surface area contributed by atoms with E-state index in [1.165, 1.54) is 10.8 Å². The Morgan fingerprint density at radius 1 is 0.917 bits per heavy atom. The third-order valence-corrected chi connectivity index (χ3v) is 2.02. The van der Waals surface area contributed by atoms with E-state index in [1.807, 2.05) is 18.2 Å². The van der Waals surface area contributed by atoms with Crippen LogP contribution in [0.15, 0.2) is 42.5 Å². The maximum atomic E-state index is 7.22. The molecule has 2 aromatic carbocycles. The fourth-order valence-electron chi connectivity index (χ4n) is 1.35. The van der Waals surface area contributed by atoms with Gasteiger partial charge in [-0.2, -0.15) is 0 Å². The van der Waals surface area contributed by atoms with Crippen LogP contribution in [0.25, 0.3) is 16.5 Å². The number of nitrogens with one attached hydrogen (secondary N) is 1. The molecule has 0 saturated carbocycles. The van der Waals surface area contributed by atoms with Crippen molar-refractivity contribution in [2.24, 2.45) is 0 Å². The first-order valence-electron chi connectivity index (χ1n) is 4.02. The molecule has 0 aliphatic rings. The molecule has 0 heterocycles. The van der Waals surface area contributed by atoms with Crippen LogP contribution in [0.3, 0.4) is 0 Å². The minimum atomic E-state index is 0.366. The molecule has 60 valence electrons. The van der Waals surface area contributed by atoms with E-state index in [-0.39, 0.29) is 0 Å². The standard InChI is InChI=1S/C11H10N/c12-8-9-5-6-10-3-1-2-4-11(10)7-9/h1-7,12H,8H2/q-1. The lowest BCUT2D eigenvalue weighted by molar-refractivity contribution is 1.30. The van der Waals surface area contributed by atoms with Gasteiger partial charge in [0.1, 0.15) is 0 Å². The zero-order valence-corrected chi connectivity index (χ0v) is 6.75. The second-order valence-corrected chi connectivity index (χ2v) is 2.86. The Bertz CT molecular complexity index is 393. The Morgan fingerprint density at radius 2 is 1.67 bits per heavy atom. The van der Waals surface area contributed by atoms with Crippen molar-refractivity contribution < 1.29 is 0 Å². The Labute approximate surface area is 71.8 Å². The van der Waals surface area contributed by atoms with E-state index in [4.69, 9.17) is 5.73 Å². The molecule has 12 heavy (non-hydrogen) atoms. The summed E-state index contributed by atoms with van der Waals surface area (Å²) in [5.41, 5.74) is 8.30. The van der Waals surface area contributed by atoms with Gasteiger partial charge in [-0.1, -0.05) is 48.0 Å². The van der Waals surface area contributed by atoms with Crippen LogP contribution >= 0.6 is 0 Å². The van der Waals surface area contributed by atoms with Crippen molar-refractivity contribution in [2.45, 2.75) is 6.54 Å². The SMILES string of the molecule is [NH-]Cc1ccc2ccccc2c1. The van der Waals surface area contributed by atoms with Gasteiger partial charge < -0.3 is 5.73 Å². The molecular formula is C11H10N-. The summed E-state index contributed by atoms with van der Waals surface area (Å²) in [6, 6.07) is 14.4. The molecule has 0 saturated heterocycles. The lowest BCUT2D eigenvalue weighted by Gasteiger charge is -2.03. The normalized spacial score (nSPS) is 10.4. The Morgan fingerprint density at radius 3 is 2.42 bits per heavy atom. The molecule has 1 heteroatoms. The Kier molecular flexibility index (Phi) is 1.80. The third kappa shape index (κ3) is 1.19. The zero-order chi connectivity index (χ0) is 8.39. The lowest BCUT2D eigenvalue weighted by atomic mass is 10.1. The number of benzene rings is 2. The van der Waals surface area contributed by atoms with E-state index >= 15 is 0 Å². The lowest BCUT2D eigenvalue weighted by Crippen LogP contribution is -1.78. The van der Waals surface area contributed by atoms with Gasteiger partial charge >= 0.3 is 0 Å². The monoisotopic (exact) mass is 156 g/mol. The van der Waals surface area contributed by atoms with Crippen molar-refractivity contribution in [3.8, 4) is 0 Å². The van der Waals surface area contributed by atoms with E-state index in [1.54, 1.807) is 0 Å². The van der Waals surface area contributed by atoms with Crippen molar-refractivity contribution in [2.75, 3.05) is 0 Å². The molecule has 1 N–H and O–H groups in total. The van der Waals surface area contributed by atoms with Crippen molar-refractivity contribution in [3.63, 3.8) is 0 Å². The summed E-state index contributed by atoms with van der Waals surface area (Å²) < 4.78 is 0. The average molecular weight is 156 g/mol. The summed E-state index contributed by atoms with van der Waals surface area (Å²) in [5, 5.41) is 2.47. The van der Waals surface area contributed by atoms with Gasteiger partial charge in [-0.3, -0.25) is 0 Å². The molecule has 0 fully saturated rings. The topological polar surface area (TPSA) is 23.8 Å². The molecule has 1 nitrogen and oxygen atoms in total. The number of hydrogen-bond donors (Lipinski definition) is 0. The van der Waals surface area contributed by atoms with Crippen molar-refractivity contribution >= 4 is 10.8 Å². The van der Waals surface area contributed by atoms with E-state index in [2.05, 4.69) is 24.3 Å². The maximum absolute atomic E-state index is 7.22. The molecule has 0 bridgehead atoms. The quantitative estimate of drug-likeness (QED) is 0.604. The van der Waals surface area contributed by atoms with Gasteiger partial charge in [0.05, 0.1) is 0 Å². The molecule has 0 spiro atoms. The zero-order valence-electron chi connectivity index (χ0n) is 6.75. The highest BCUT2D eigenvalue weighted by atomic mass is 14.5. The van der Waals surface area contributed by atoms with Gasteiger partial charge in [-0.05, 0) is 10.8 Å². The molecule has 0 amide bonds. The van der Waals surface area contributed by atoms with E-state index < -0.39 is 0 Å². The first kappa shape index (κ1) is 7.32. The number of fused-ring (bicyclic) bond motifs is 1. The van der Waals surface area contributed by atoms with Gasteiger partial charge in [0.2, 0.25) is 0 Å². The third-order valence-electron chi connectivity index (χ3n) is 2.02. The first-order valence-corrected chi connectivity index (χ1v) is 4.02.